The standard InChI is InChI=1S/C11H22N2O3S/c1-16-11(5-3-6-11)9-13-17(14,15)8-10-4-2-7-12-10/h10,12-13H,2-9H2,1H3. The zero-order valence-electron chi connectivity index (χ0n) is 10.4. The topological polar surface area (TPSA) is 67.4 Å². The lowest BCUT2D eigenvalue weighted by Gasteiger charge is -2.40. The van der Waals surface area contributed by atoms with E-state index in [0.29, 0.717) is 6.54 Å². The Kier molecular flexibility index (Phi) is 4.07. The third kappa shape index (κ3) is 3.40. The Bertz CT molecular complexity index is 340. The normalized spacial score (nSPS) is 27.9. The van der Waals surface area contributed by atoms with Gasteiger partial charge >= 0.3 is 0 Å². The van der Waals surface area contributed by atoms with Gasteiger partial charge in [-0.05, 0) is 38.6 Å². The van der Waals surface area contributed by atoms with Crippen LogP contribution in [0.3, 0.4) is 0 Å². The van der Waals surface area contributed by atoms with Crippen LogP contribution in [0, 0.1) is 0 Å². The highest BCUT2D eigenvalue weighted by Crippen LogP contribution is 2.34. The molecular weight excluding hydrogens is 240 g/mol. The first-order chi connectivity index (χ1) is 8.05. The van der Waals surface area contributed by atoms with Crippen LogP contribution in [-0.4, -0.2) is 46.0 Å². The van der Waals surface area contributed by atoms with E-state index < -0.39 is 10.0 Å². The Morgan fingerprint density at radius 3 is 2.65 bits per heavy atom. The predicted octanol–water partition coefficient (Wildman–Crippen LogP) is 0.227. The van der Waals surface area contributed by atoms with E-state index in [0.717, 1.165) is 38.6 Å². The SMILES string of the molecule is COC1(CNS(=O)(=O)CC2CCCN2)CCC1. The van der Waals surface area contributed by atoms with Crippen molar-refractivity contribution in [3.05, 3.63) is 0 Å². The van der Waals surface area contributed by atoms with Gasteiger partial charge < -0.3 is 10.1 Å². The van der Waals surface area contributed by atoms with E-state index in [-0.39, 0.29) is 17.4 Å². The molecule has 0 spiro atoms. The minimum absolute atomic E-state index is 0.118. The molecule has 1 unspecified atom stereocenters. The molecule has 6 heteroatoms. The van der Waals surface area contributed by atoms with Crippen molar-refractivity contribution < 1.29 is 13.2 Å². The number of sulfonamides is 1. The Hall–Kier alpha value is -0.170. The molecule has 0 amide bonds. The molecule has 1 saturated carbocycles. The molecule has 2 rings (SSSR count). The van der Waals surface area contributed by atoms with Gasteiger partial charge in [-0.3, -0.25) is 0 Å². The van der Waals surface area contributed by atoms with Crippen LogP contribution in [0.5, 0.6) is 0 Å². The molecule has 0 aromatic heterocycles. The van der Waals surface area contributed by atoms with Crippen molar-refractivity contribution in [3.63, 3.8) is 0 Å². The van der Waals surface area contributed by atoms with Crippen LogP contribution in [-0.2, 0) is 14.8 Å². The second-order valence-corrected chi connectivity index (χ2v) is 6.99. The maximum absolute atomic E-state index is 11.9. The van der Waals surface area contributed by atoms with Crippen LogP contribution in [0.15, 0.2) is 0 Å². The van der Waals surface area contributed by atoms with Gasteiger partial charge in [0, 0.05) is 19.7 Å². The molecule has 2 aliphatic rings. The molecule has 1 saturated heterocycles. The lowest BCUT2D eigenvalue weighted by molar-refractivity contribution is -0.0659. The fraction of sp³-hybridized carbons (Fsp3) is 1.00. The molecule has 5 nitrogen and oxygen atoms in total. The van der Waals surface area contributed by atoms with Crippen molar-refractivity contribution in [1.82, 2.24) is 10.0 Å². The summed E-state index contributed by atoms with van der Waals surface area (Å²) in [5.41, 5.74) is -0.240. The predicted molar refractivity (Wildman–Crippen MR) is 66.4 cm³/mol. The van der Waals surface area contributed by atoms with Gasteiger partial charge in [-0.15, -0.1) is 0 Å². The lowest BCUT2D eigenvalue weighted by Crippen LogP contribution is -2.50. The van der Waals surface area contributed by atoms with Gasteiger partial charge in [0.25, 0.3) is 0 Å². The van der Waals surface area contributed by atoms with Crippen molar-refractivity contribution in [3.8, 4) is 0 Å². The first kappa shape index (κ1) is 13.3. The number of hydrogen-bond donors (Lipinski definition) is 2. The maximum atomic E-state index is 11.9. The van der Waals surface area contributed by atoms with E-state index in [1.807, 2.05) is 0 Å². The molecule has 1 atom stereocenters. The van der Waals surface area contributed by atoms with Crippen molar-refractivity contribution in [2.45, 2.75) is 43.7 Å². The average Bonchev–Trinajstić information content (AvgIpc) is 2.68. The molecule has 2 fully saturated rings. The van der Waals surface area contributed by atoms with Gasteiger partial charge in [-0.25, -0.2) is 13.1 Å². The summed E-state index contributed by atoms with van der Waals surface area (Å²) in [6.07, 6.45) is 5.06. The van der Waals surface area contributed by atoms with Crippen molar-refractivity contribution in [2.24, 2.45) is 0 Å². The van der Waals surface area contributed by atoms with Crippen LogP contribution in [0.25, 0.3) is 0 Å². The van der Waals surface area contributed by atoms with Crippen molar-refractivity contribution >= 4 is 10.0 Å². The fourth-order valence-corrected chi connectivity index (χ4v) is 3.90. The third-order valence-corrected chi connectivity index (χ3v) is 5.32. The molecule has 100 valence electrons. The smallest absolute Gasteiger partial charge is 0.213 e. The van der Waals surface area contributed by atoms with Gasteiger partial charge in [0.05, 0.1) is 11.4 Å². The average molecular weight is 262 g/mol. The molecule has 1 aliphatic heterocycles. The van der Waals surface area contributed by atoms with E-state index in [4.69, 9.17) is 4.74 Å². The Morgan fingerprint density at radius 2 is 2.18 bits per heavy atom. The second kappa shape index (κ2) is 5.22. The number of methoxy groups -OCH3 is 1. The van der Waals surface area contributed by atoms with Gasteiger partial charge in [0.15, 0.2) is 0 Å². The summed E-state index contributed by atoms with van der Waals surface area (Å²) < 4.78 is 31.8. The Balaban J connectivity index is 1.80. The summed E-state index contributed by atoms with van der Waals surface area (Å²) >= 11 is 0. The summed E-state index contributed by atoms with van der Waals surface area (Å²) in [4.78, 5) is 0. The molecular formula is C11H22N2O3S. The van der Waals surface area contributed by atoms with Crippen LogP contribution in [0.1, 0.15) is 32.1 Å². The molecule has 0 bridgehead atoms. The van der Waals surface area contributed by atoms with Crippen molar-refractivity contribution in [1.29, 1.82) is 0 Å². The minimum atomic E-state index is -3.18. The fourth-order valence-electron chi connectivity index (χ4n) is 2.49. The van der Waals surface area contributed by atoms with E-state index in [1.54, 1.807) is 7.11 Å². The van der Waals surface area contributed by atoms with Gasteiger partial charge in [-0.2, -0.15) is 0 Å². The second-order valence-electron chi connectivity index (χ2n) is 5.14. The molecule has 0 aromatic carbocycles. The minimum Gasteiger partial charge on any atom is -0.377 e. The highest BCUT2D eigenvalue weighted by molar-refractivity contribution is 7.89. The largest absolute Gasteiger partial charge is 0.377 e. The summed E-state index contributed by atoms with van der Waals surface area (Å²) in [7, 11) is -1.52. The van der Waals surface area contributed by atoms with Crippen molar-refractivity contribution in [2.75, 3.05) is 26.0 Å². The summed E-state index contributed by atoms with van der Waals surface area (Å²) in [6.45, 7) is 1.35. The van der Waals surface area contributed by atoms with E-state index in [9.17, 15) is 8.42 Å². The quantitative estimate of drug-likeness (QED) is 0.719. The summed E-state index contributed by atoms with van der Waals surface area (Å²) in [5, 5.41) is 3.20. The number of hydrogen-bond acceptors (Lipinski definition) is 4. The molecule has 0 radical (unpaired) electrons. The monoisotopic (exact) mass is 262 g/mol. The van der Waals surface area contributed by atoms with E-state index in [2.05, 4.69) is 10.0 Å². The Labute approximate surface area is 103 Å². The molecule has 1 aliphatic carbocycles. The first-order valence-electron chi connectivity index (χ1n) is 6.31. The first-order valence-corrected chi connectivity index (χ1v) is 7.96. The highest BCUT2D eigenvalue weighted by atomic mass is 32.2. The third-order valence-electron chi connectivity index (χ3n) is 3.90. The number of ether oxygens (including phenoxy) is 1. The van der Waals surface area contributed by atoms with Crippen LogP contribution < -0.4 is 10.0 Å². The van der Waals surface area contributed by atoms with E-state index >= 15 is 0 Å². The van der Waals surface area contributed by atoms with Gasteiger partial charge in [0.1, 0.15) is 0 Å². The Morgan fingerprint density at radius 1 is 1.41 bits per heavy atom. The molecule has 0 aromatic rings. The lowest BCUT2D eigenvalue weighted by atomic mass is 9.80. The highest BCUT2D eigenvalue weighted by Gasteiger charge is 2.38. The molecule has 2 N–H and O–H groups in total. The molecule has 17 heavy (non-hydrogen) atoms. The summed E-state index contributed by atoms with van der Waals surface area (Å²) in [5.74, 6) is 0.187. The zero-order valence-corrected chi connectivity index (χ0v) is 11.2. The van der Waals surface area contributed by atoms with Crippen LogP contribution in [0.2, 0.25) is 0 Å². The van der Waals surface area contributed by atoms with E-state index in [1.165, 1.54) is 0 Å². The zero-order chi connectivity index (χ0) is 12.4. The number of rotatable bonds is 6. The number of nitrogens with one attached hydrogen (secondary N) is 2. The molecule has 1 heterocycles. The van der Waals surface area contributed by atoms with Crippen LogP contribution >= 0.6 is 0 Å². The van der Waals surface area contributed by atoms with Crippen LogP contribution in [0.4, 0.5) is 0 Å². The van der Waals surface area contributed by atoms with Gasteiger partial charge in [-0.1, -0.05) is 0 Å². The maximum Gasteiger partial charge on any atom is 0.213 e. The van der Waals surface area contributed by atoms with Gasteiger partial charge in [0.2, 0.25) is 10.0 Å². The summed E-state index contributed by atoms with van der Waals surface area (Å²) in [6, 6.07) is 0.118.